The molecule has 0 spiro atoms. The molecule has 2 aliphatic rings. The van der Waals surface area contributed by atoms with Crippen molar-refractivity contribution in [1.82, 2.24) is 14.9 Å². The second kappa shape index (κ2) is 4.86. The fourth-order valence-electron chi connectivity index (χ4n) is 2.64. The molecule has 0 unspecified atom stereocenters. The molecule has 7 nitrogen and oxygen atoms in total. The van der Waals surface area contributed by atoms with Crippen LogP contribution in [0.3, 0.4) is 0 Å². The molecule has 1 aromatic heterocycles. The fraction of sp³-hybridized carbons (Fsp3) is 0.583. The number of rotatable bonds is 1. The van der Waals surface area contributed by atoms with E-state index in [2.05, 4.69) is 9.97 Å². The predicted octanol–water partition coefficient (Wildman–Crippen LogP) is -0.366. The second-order valence-electron chi connectivity index (χ2n) is 5.04. The van der Waals surface area contributed by atoms with Crippen molar-refractivity contribution in [2.24, 2.45) is 0 Å². The Bertz CT molecular complexity index is 541. The van der Waals surface area contributed by atoms with E-state index in [1.165, 1.54) is 0 Å². The van der Waals surface area contributed by atoms with Gasteiger partial charge in [-0.05, 0) is 0 Å². The van der Waals surface area contributed by atoms with Crippen molar-refractivity contribution in [3.8, 4) is 0 Å². The Morgan fingerprint density at radius 1 is 1.50 bits per heavy atom. The first-order valence-electron chi connectivity index (χ1n) is 6.46. The lowest BCUT2D eigenvalue weighted by molar-refractivity contribution is -0.130. The van der Waals surface area contributed by atoms with E-state index < -0.39 is 5.82 Å². The van der Waals surface area contributed by atoms with Crippen LogP contribution in [0, 0.1) is 5.82 Å². The van der Waals surface area contributed by atoms with E-state index in [9.17, 15) is 9.18 Å². The molecule has 0 saturated carbocycles. The Labute approximate surface area is 115 Å². The molecule has 2 atom stereocenters. The monoisotopic (exact) mass is 281 g/mol. The Kier molecular flexibility index (Phi) is 3.17. The minimum Gasteiger partial charge on any atom is -0.381 e. The average Bonchev–Trinajstić information content (AvgIpc) is 2.80. The summed E-state index contributed by atoms with van der Waals surface area (Å²) < 4.78 is 18.8. The first-order chi connectivity index (χ1) is 9.56. The summed E-state index contributed by atoms with van der Waals surface area (Å²) in [6.45, 7) is 1.54. The third-order valence-corrected chi connectivity index (χ3v) is 3.82. The molecule has 0 aliphatic carbocycles. The number of halogens is 1. The number of carbonyl (C=O) groups is 1. The number of nitrogens with zero attached hydrogens (tertiary/aromatic N) is 4. The molecule has 3 rings (SSSR count). The highest BCUT2D eigenvalue weighted by Crippen LogP contribution is 2.25. The molecule has 1 amide bonds. The van der Waals surface area contributed by atoms with Gasteiger partial charge in [0.1, 0.15) is 0 Å². The van der Waals surface area contributed by atoms with E-state index in [-0.39, 0.29) is 23.9 Å². The topological polar surface area (TPSA) is 84.6 Å². The van der Waals surface area contributed by atoms with Crippen LogP contribution in [0.5, 0.6) is 0 Å². The van der Waals surface area contributed by atoms with Crippen molar-refractivity contribution < 1.29 is 13.9 Å². The number of amides is 1. The molecule has 8 heteroatoms. The molecule has 2 N–H and O–H groups in total. The van der Waals surface area contributed by atoms with E-state index in [0.29, 0.717) is 32.1 Å². The highest BCUT2D eigenvalue weighted by atomic mass is 19.1. The number of aromatic nitrogens is 2. The fourth-order valence-corrected chi connectivity index (χ4v) is 2.64. The molecule has 20 heavy (non-hydrogen) atoms. The van der Waals surface area contributed by atoms with Crippen molar-refractivity contribution >= 4 is 17.7 Å². The quantitative estimate of drug-likeness (QED) is 0.756. The van der Waals surface area contributed by atoms with Crippen molar-refractivity contribution in [2.45, 2.75) is 18.6 Å². The highest BCUT2D eigenvalue weighted by molar-refractivity contribution is 5.77. The Morgan fingerprint density at radius 2 is 2.30 bits per heavy atom. The van der Waals surface area contributed by atoms with Gasteiger partial charge in [-0.3, -0.25) is 4.79 Å². The summed E-state index contributed by atoms with van der Waals surface area (Å²) >= 11 is 0. The number of fused-ring (bicyclic) bond motifs is 1. The van der Waals surface area contributed by atoms with Crippen molar-refractivity contribution in [3.05, 3.63) is 12.0 Å². The van der Waals surface area contributed by atoms with Crippen LogP contribution in [-0.4, -0.2) is 59.7 Å². The van der Waals surface area contributed by atoms with Crippen LogP contribution >= 0.6 is 0 Å². The summed E-state index contributed by atoms with van der Waals surface area (Å²) in [5, 5.41) is 0. The Balaban J connectivity index is 1.81. The third kappa shape index (κ3) is 2.15. The number of hydrogen-bond donors (Lipinski definition) is 1. The van der Waals surface area contributed by atoms with Gasteiger partial charge in [-0.15, -0.1) is 0 Å². The minimum absolute atomic E-state index is 0.0418. The molecule has 108 valence electrons. The summed E-state index contributed by atoms with van der Waals surface area (Å²) in [5.74, 6) is -0.376. The van der Waals surface area contributed by atoms with Crippen LogP contribution < -0.4 is 10.6 Å². The van der Waals surface area contributed by atoms with Gasteiger partial charge in [-0.2, -0.15) is 4.98 Å². The van der Waals surface area contributed by atoms with Gasteiger partial charge in [0, 0.05) is 20.1 Å². The molecule has 0 bridgehead atoms. The smallest absolute Gasteiger partial charge is 0.227 e. The molecular weight excluding hydrogens is 265 g/mol. The maximum atomic E-state index is 13.1. The molecule has 0 radical (unpaired) electrons. The van der Waals surface area contributed by atoms with Crippen LogP contribution in [0.2, 0.25) is 0 Å². The largest absolute Gasteiger partial charge is 0.381 e. The molecule has 2 saturated heterocycles. The van der Waals surface area contributed by atoms with Gasteiger partial charge in [0.2, 0.25) is 11.9 Å². The summed E-state index contributed by atoms with van der Waals surface area (Å²) in [4.78, 5) is 23.3. The standard InChI is InChI=1S/C12H16FN5O2/c1-17-8-5-18(6-9(8)20-3-2-10(17)19)12-15-4-7(13)11(14)16-12/h4,8-9H,2-3,5-6H2,1H3,(H2,14,15,16)/t8-,9-/m0/s1. The molecule has 2 fully saturated rings. The summed E-state index contributed by atoms with van der Waals surface area (Å²) in [5.41, 5.74) is 5.46. The number of carbonyl (C=O) groups excluding carboxylic acids is 1. The van der Waals surface area contributed by atoms with Gasteiger partial charge >= 0.3 is 0 Å². The minimum atomic E-state index is -0.634. The summed E-state index contributed by atoms with van der Waals surface area (Å²) in [6, 6.07) is -0.0418. The lowest BCUT2D eigenvalue weighted by Gasteiger charge is -2.25. The number of nitrogen functional groups attached to an aromatic ring is 1. The Morgan fingerprint density at radius 3 is 3.05 bits per heavy atom. The van der Waals surface area contributed by atoms with Crippen molar-refractivity contribution in [1.29, 1.82) is 0 Å². The Hall–Kier alpha value is -1.96. The number of ether oxygens (including phenoxy) is 1. The van der Waals surface area contributed by atoms with Crippen molar-refractivity contribution in [3.63, 3.8) is 0 Å². The first kappa shape index (κ1) is 13.0. The molecule has 2 aliphatic heterocycles. The third-order valence-electron chi connectivity index (χ3n) is 3.82. The van der Waals surface area contributed by atoms with E-state index in [1.807, 2.05) is 4.90 Å². The van der Waals surface area contributed by atoms with Gasteiger partial charge in [-0.25, -0.2) is 9.37 Å². The lowest BCUT2D eigenvalue weighted by atomic mass is 10.2. The highest BCUT2D eigenvalue weighted by Gasteiger charge is 2.40. The number of anilines is 2. The van der Waals surface area contributed by atoms with Gasteiger partial charge < -0.3 is 20.3 Å². The zero-order chi connectivity index (χ0) is 14.3. The van der Waals surface area contributed by atoms with Gasteiger partial charge in [0.05, 0.1) is 31.4 Å². The average molecular weight is 281 g/mol. The molecule has 3 heterocycles. The zero-order valence-electron chi connectivity index (χ0n) is 11.1. The first-order valence-corrected chi connectivity index (χ1v) is 6.46. The number of hydrogen-bond acceptors (Lipinski definition) is 6. The second-order valence-corrected chi connectivity index (χ2v) is 5.04. The molecule has 1 aromatic rings. The molecular formula is C12H16FN5O2. The van der Waals surface area contributed by atoms with Gasteiger partial charge in [0.15, 0.2) is 11.6 Å². The predicted molar refractivity (Wildman–Crippen MR) is 69.5 cm³/mol. The maximum absolute atomic E-state index is 13.1. The van der Waals surface area contributed by atoms with Crippen LogP contribution in [0.4, 0.5) is 16.2 Å². The zero-order valence-corrected chi connectivity index (χ0v) is 11.1. The number of nitrogens with two attached hydrogens (primary N) is 1. The van der Waals surface area contributed by atoms with E-state index in [1.54, 1.807) is 11.9 Å². The lowest BCUT2D eigenvalue weighted by Crippen LogP contribution is -2.42. The maximum Gasteiger partial charge on any atom is 0.227 e. The number of likely N-dealkylation sites (N-methyl/N-ethyl adjacent to an activating group) is 1. The SMILES string of the molecule is CN1C(=O)CCO[C@H]2CN(c3ncc(F)c(N)n3)C[C@@H]21. The summed E-state index contributed by atoms with van der Waals surface area (Å²) in [6.07, 6.45) is 1.38. The van der Waals surface area contributed by atoms with E-state index in [0.717, 1.165) is 6.20 Å². The van der Waals surface area contributed by atoms with Crippen LogP contribution in [-0.2, 0) is 9.53 Å². The normalized spacial score (nSPS) is 26.6. The van der Waals surface area contributed by atoms with Crippen LogP contribution in [0.15, 0.2) is 6.20 Å². The van der Waals surface area contributed by atoms with Crippen LogP contribution in [0.25, 0.3) is 0 Å². The van der Waals surface area contributed by atoms with E-state index in [4.69, 9.17) is 10.5 Å². The van der Waals surface area contributed by atoms with Gasteiger partial charge in [-0.1, -0.05) is 0 Å². The summed E-state index contributed by atoms with van der Waals surface area (Å²) in [7, 11) is 1.78. The molecule has 0 aromatic carbocycles. The van der Waals surface area contributed by atoms with E-state index >= 15 is 0 Å². The van der Waals surface area contributed by atoms with Crippen LogP contribution in [0.1, 0.15) is 6.42 Å². The van der Waals surface area contributed by atoms with Crippen molar-refractivity contribution in [2.75, 3.05) is 37.4 Å². The van der Waals surface area contributed by atoms with Gasteiger partial charge in [0.25, 0.3) is 0 Å².